The van der Waals surface area contributed by atoms with E-state index in [1.807, 2.05) is 7.11 Å². The minimum absolute atomic E-state index is 0.288. The molecule has 5 nitrogen and oxygen atoms in total. The molecular weight excluding hydrogens is 276 g/mol. The van der Waals surface area contributed by atoms with Gasteiger partial charge in [0.05, 0.1) is 12.6 Å². The lowest BCUT2D eigenvalue weighted by Crippen LogP contribution is -2.63. The molecule has 0 spiro atoms. The molecule has 1 saturated carbocycles. The molecule has 0 saturated heterocycles. The molecule has 0 bridgehead atoms. The highest BCUT2D eigenvalue weighted by atomic mass is 16.5. The van der Waals surface area contributed by atoms with Crippen LogP contribution < -0.4 is 5.32 Å². The summed E-state index contributed by atoms with van der Waals surface area (Å²) < 4.78 is 8.02. The molecule has 0 aromatic carbocycles. The standard InChI is InChI=1S/C17H30N4O/c1-4-17(5-2)13(11-14(17)22-3)18-12-16-20-19-15-9-7-6-8-10-21(15)16/h13-14,18H,4-12H2,1-3H3/t13-,14+/m0/s1. The number of methoxy groups -OCH3 is 1. The molecule has 1 aromatic rings. The van der Waals surface area contributed by atoms with Crippen LogP contribution in [0.4, 0.5) is 0 Å². The fraction of sp³-hybridized carbons (Fsp3) is 0.882. The second kappa shape index (κ2) is 6.67. The molecule has 2 heterocycles. The first-order valence-electron chi connectivity index (χ1n) is 8.92. The van der Waals surface area contributed by atoms with E-state index >= 15 is 0 Å². The van der Waals surface area contributed by atoms with Crippen LogP contribution in [0.2, 0.25) is 0 Å². The van der Waals surface area contributed by atoms with Crippen molar-refractivity contribution < 1.29 is 4.74 Å². The van der Waals surface area contributed by atoms with Gasteiger partial charge in [0.15, 0.2) is 0 Å². The number of ether oxygens (including phenoxy) is 1. The van der Waals surface area contributed by atoms with E-state index in [1.54, 1.807) is 0 Å². The zero-order valence-corrected chi connectivity index (χ0v) is 14.3. The van der Waals surface area contributed by atoms with Gasteiger partial charge in [-0.25, -0.2) is 0 Å². The quantitative estimate of drug-likeness (QED) is 0.878. The number of nitrogens with one attached hydrogen (secondary N) is 1. The summed E-state index contributed by atoms with van der Waals surface area (Å²) in [6, 6.07) is 0.533. The Morgan fingerprint density at radius 3 is 2.77 bits per heavy atom. The van der Waals surface area contributed by atoms with Crippen molar-refractivity contribution in [1.82, 2.24) is 20.1 Å². The largest absolute Gasteiger partial charge is 0.381 e. The highest BCUT2D eigenvalue weighted by Crippen LogP contribution is 2.48. The van der Waals surface area contributed by atoms with E-state index in [0.29, 0.717) is 12.1 Å². The fourth-order valence-corrected chi connectivity index (χ4v) is 4.45. The molecule has 0 amide bonds. The second-order valence-corrected chi connectivity index (χ2v) is 6.83. The van der Waals surface area contributed by atoms with Gasteiger partial charge in [0, 0.05) is 31.5 Å². The lowest BCUT2D eigenvalue weighted by molar-refractivity contribution is -0.124. The topological polar surface area (TPSA) is 52.0 Å². The minimum atomic E-state index is 0.288. The van der Waals surface area contributed by atoms with Gasteiger partial charge < -0.3 is 14.6 Å². The summed E-state index contributed by atoms with van der Waals surface area (Å²) in [5, 5.41) is 12.6. The zero-order chi connectivity index (χ0) is 15.6. The molecule has 5 heteroatoms. The van der Waals surface area contributed by atoms with Crippen LogP contribution in [0, 0.1) is 5.41 Å². The monoisotopic (exact) mass is 306 g/mol. The summed E-state index contributed by atoms with van der Waals surface area (Å²) in [5.74, 6) is 2.29. The summed E-state index contributed by atoms with van der Waals surface area (Å²) in [4.78, 5) is 0. The summed E-state index contributed by atoms with van der Waals surface area (Å²) in [7, 11) is 1.85. The molecule has 1 aliphatic carbocycles. The SMILES string of the molecule is CCC1(CC)[C@@H](NCc2nnc3n2CCCCC3)C[C@H]1OC. The minimum Gasteiger partial charge on any atom is -0.381 e. The van der Waals surface area contributed by atoms with E-state index in [1.165, 1.54) is 25.1 Å². The Morgan fingerprint density at radius 2 is 2.05 bits per heavy atom. The van der Waals surface area contributed by atoms with E-state index < -0.39 is 0 Å². The maximum absolute atomic E-state index is 5.69. The number of hydrogen-bond donors (Lipinski definition) is 1. The number of aryl methyl sites for hydroxylation is 1. The number of fused-ring (bicyclic) bond motifs is 1. The number of rotatable bonds is 6. The first-order chi connectivity index (χ1) is 10.7. The first-order valence-corrected chi connectivity index (χ1v) is 8.92. The number of nitrogens with zero attached hydrogens (tertiary/aromatic N) is 3. The first kappa shape index (κ1) is 15.9. The lowest BCUT2D eigenvalue weighted by Gasteiger charge is -2.55. The van der Waals surface area contributed by atoms with Crippen LogP contribution in [0.5, 0.6) is 0 Å². The molecule has 1 fully saturated rings. The molecule has 0 radical (unpaired) electrons. The normalized spacial score (nSPS) is 27.0. The van der Waals surface area contributed by atoms with Crippen molar-refractivity contribution in [1.29, 1.82) is 0 Å². The van der Waals surface area contributed by atoms with Gasteiger partial charge in [-0.1, -0.05) is 20.3 Å². The van der Waals surface area contributed by atoms with Gasteiger partial charge in [0.1, 0.15) is 11.6 Å². The molecule has 0 unspecified atom stereocenters. The van der Waals surface area contributed by atoms with Crippen molar-refractivity contribution in [2.75, 3.05) is 7.11 Å². The summed E-state index contributed by atoms with van der Waals surface area (Å²) >= 11 is 0. The molecule has 3 rings (SSSR count). The Balaban J connectivity index is 1.65. The predicted molar refractivity (Wildman–Crippen MR) is 86.6 cm³/mol. The molecule has 2 atom stereocenters. The Labute approximate surface area is 133 Å². The molecule has 1 aliphatic heterocycles. The lowest BCUT2D eigenvalue weighted by atomic mass is 9.58. The van der Waals surface area contributed by atoms with Crippen LogP contribution in [0.25, 0.3) is 0 Å². The molecule has 124 valence electrons. The Morgan fingerprint density at radius 1 is 1.23 bits per heavy atom. The van der Waals surface area contributed by atoms with Gasteiger partial charge in [-0.15, -0.1) is 10.2 Å². The Hall–Kier alpha value is -0.940. The summed E-state index contributed by atoms with van der Waals surface area (Å²) in [5.41, 5.74) is 0.288. The van der Waals surface area contributed by atoms with E-state index in [0.717, 1.165) is 44.6 Å². The van der Waals surface area contributed by atoms with Crippen LogP contribution in [-0.4, -0.2) is 34.0 Å². The summed E-state index contributed by atoms with van der Waals surface area (Å²) in [6.07, 6.45) is 8.73. The molecule has 1 aromatic heterocycles. The third-order valence-electron chi connectivity index (χ3n) is 6.08. The molecule has 22 heavy (non-hydrogen) atoms. The third-order valence-corrected chi connectivity index (χ3v) is 6.08. The highest BCUT2D eigenvalue weighted by Gasteiger charge is 2.52. The predicted octanol–water partition coefficient (Wildman–Crippen LogP) is 2.69. The van der Waals surface area contributed by atoms with E-state index in [2.05, 4.69) is 33.9 Å². The summed E-state index contributed by atoms with van der Waals surface area (Å²) in [6.45, 7) is 6.48. The van der Waals surface area contributed by atoms with Crippen molar-refractivity contribution >= 4 is 0 Å². The molecule has 2 aliphatic rings. The van der Waals surface area contributed by atoms with Crippen molar-refractivity contribution in [3.05, 3.63) is 11.6 Å². The molecular formula is C17H30N4O. The van der Waals surface area contributed by atoms with Crippen LogP contribution in [0.15, 0.2) is 0 Å². The highest BCUT2D eigenvalue weighted by molar-refractivity contribution is 5.07. The molecule has 1 N–H and O–H groups in total. The maximum Gasteiger partial charge on any atom is 0.147 e. The van der Waals surface area contributed by atoms with E-state index in [-0.39, 0.29) is 5.41 Å². The van der Waals surface area contributed by atoms with Gasteiger partial charge in [-0.2, -0.15) is 0 Å². The van der Waals surface area contributed by atoms with Crippen molar-refractivity contribution in [3.8, 4) is 0 Å². The van der Waals surface area contributed by atoms with E-state index in [9.17, 15) is 0 Å². The smallest absolute Gasteiger partial charge is 0.147 e. The van der Waals surface area contributed by atoms with Gasteiger partial charge in [0.25, 0.3) is 0 Å². The number of hydrogen-bond acceptors (Lipinski definition) is 4. The van der Waals surface area contributed by atoms with E-state index in [4.69, 9.17) is 4.74 Å². The Bertz CT molecular complexity index is 495. The Kier molecular flexibility index (Phi) is 4.83. The maximum atomic E-state index is 5.69. The van der Waals surface area contributed by atoms with Gasteiger partial charge in [-0.05, 0) is 32.1 Å². The van der Waals surface area contributed by atoms with Crippen LogP contribution >= 0.6 is 0 Å². The van der Waals surface area contributed by atoms with Crippen molar-refractivity contribution in [2.24, 2.45) is 5.41 Å². The van der Waals surface area contributed by atoms with Gasteiger partial charge in [0.2, 0.25) is 0 Å². The third kappa shape index (κ3) is 2.58. The van der Waals surface area contributed by atoms with Crippen molar-refractivity contribution in [3.63, 3.8) is 0 Å². The van der Waals surface area contributed by atoms with Crippen LogP contribution in [0.3, 0.4) is 0 Å². The number of aromatic nitrogens is 3. The average Bonchev–Trinajstić information content (AvgIpc) is 2.75. The zero-order valence-electron chi connectivity index (χ0n) is 14.3. The second-order valence-electron chi connectivity index (χ2n) is 6.83. The average molecular weight is 306 g/mol. The van der Waals surface area contributed by atoms with Crippen molar-refractivity contribution in [2.45, 2.75) is 84.0 Å². The van der Waals surface area contributed by atoms with Gasteiger partial charge in [-0.3, -0.25) is 0 Å². The van der Waals surface area contributed by atoms with Crippen LogP contribution in [-0.2, 0) is 24.2 Å². The fourth-order valence-electron chi connectivity index (χ4n) is 4.45. The van der Waals surface area contributed by atoms with Gasteiger partial charge >= 0.3 is 0 Å². The van der Waals surface area contributed by atoms with Crippen LogP contribution in [0.1, 0.15) is 64.0 Å².